The molecule has 0 atom stereocenters. The Morgan fingerprint density at radius 3 is 1.92 bits per heavy atom. The van der Waals surface area contributed by atoms with Crippen molar-refractivity contribution in [2.75, 3.05) is 14.1 Å². The van der Waals surface area contributed by atoms with E-state index in [1.54, 1.807) is 12.1 Å². The van der Waals surface area contributed by atoms with Crippen LogP contribution in [0.4, 0.5) is 0 Å². The van der Waals surface area contributed by atoms with E-state index in [4.69, 9.17) is 5.11 Å². The van der Waals surface area contributed by atoms with Gasteiger partial charge in [-0.1, -0.05) is 12.1 Å². The molecule has 13 heavy (non-hydrogen) atoms. The molecule has 1 aromatic carbocycles. The van der Waals surface area contributed by atoms with E-state index < -0.39 is 0 Å². The highest BCUT2D eigenvalue weighted by Gasteiger charge is 2.22. The van der Waals surface area contributed by atoms with Crippen LogP contribution in [0.15, 0.2) is 24.3 Å². The summed E-state index contributed by atoms with van der Waals surface area (Å²) >= 11 is 0. The van der Waals surface area contributed by atoms with E-state index in [1.165, 1.54) is 5.56 Å². The molecule has 0 saturated heterocycles. The minimum Gasteiger partial charge on any atom is -0.508 e. The average molecular weight is 179 g/mol. The molecule has 0 aliphatic heterocycles. The molecule has 0 unspecified atom stereocenters. The molecule has 1 rings (SSSR count). The van der Waals surface area contributed by atoms with Gasteiger partial charge in [0, 0.05) is 5.54 Å². The van der Waals surface area contributed by atoms with Gasteiger partial charge in [0.15, 0.2) is 0 Å². The van der Waals surface area contributed by atoms with Crippen molar-refractivity contribution in [1.82, 2.24) is 4.90 Å². The Morgan fingerprint density at radius 1 is 1.08 bits per heavy atom. The zero-order chi connectivity index (χ0) is 10.1. The molecule has 0 amide bonds. The molecule has 1 N–H and O–H groups in total. The largest absolute Gasteiger partial charge is 0.508 e. The molecule has 0 heterocycles. The second-order valence-electron chi connectivity index (χ2n) is 4.00. The molecule has 2 heteroatoms. The Bertz CT molecular complexity index is 275. The summed E-state index contributed by atoms with van der Waals surface area (Å²) in [6, 6.07) is 7.35. The van der Waals surface area contributed by atoms with E-state index in [1.807, 2.05) is 26.2 Å². The maximum atomic E-state index is 9.15. The third kappa shape index (κ3) is 2.01. The van der Waals surface area contributed by atoms with Crippen molar-refractivity contribution in [2.24, 2.45) is 0 Å². The SMILES string of the molecule is CN(C)C(C)(C)c1ccc(O)cc1. The van der Waals surface area contributed by atoms with E-state index in [0.29, 0.717) is 5.75 Å². The van der Waals surface area contributed by atoms with Gasteiger partial charge in [0.1, 0.15) is 5.75 Å². The summed E-state index contributed by atoms with van der Waals surface area (Å²) in [5.74, 6) is 0.318. The highest BCUT2D eigenvalue weighted by atomic mass is 16.3. The Hall–Kier alpha value is -1.02. The first kappa shape index (κ1) is 10.1. The zero-order valence-electron chi connectivity index (χ0n) is 8.70. The number of phenols is 1. The normalized spacial score (nSPS) is 12.1. The molecular formula is C11H17NO. The summed E-state index contributed by atoms with van der Waals surface area (Å²) < 4.78 is 0. The van der Waals surface area contributed by atoms with Gasteiger partial charge < -0.3 is 10.0 Å². The van der Waals surface area contributed by atoms with Gasteiger partial charge in [-0.15, -0.1) is 0 Å². The van der Waals surface area contributed by atoms with Crippen LogP contribution in [0.25, 0.3) is 0 Å². The van der Waals surface area contributed by atoms with Crippen molar-refractivity contribution < 1.29 is 5.11 Å². The summed E-state index contributed by atoms with van der Waals surface area (Å²) in [5.41, 5.74) is 1.21. The number of phenolic OH excluding ortho intramolecular Hbond substituents is 1. The van der Waals surface area contributed by atoms with Gasteiger partial charge in [0.25, 0.3) is 0 Å². The topological polar surface area (TPSA) is 23.5 Å². The number of aromatic hydroxyl groups is 1. The van der Waals surface area contributed by atoms with Crippen molar-refractivity contribution in [3.05, 3.63) is 29.8 Å². The summed E-state index contributed by atoms with van der Waals surface area (Å²) in [6.45, 7) is 4.30. The summed E-state index contributed by atoms with van der Waals surface area (Å²) in [7, 11) is 4.10. The van der Waals surface area contributed by atoms with Crippen molar-refractivity contribution in [3.8, 4) is 5.75 Å². The molecule has 0 radical (unpaired) electrons. The predicted octanol–water partition coefficient (Wildman–Crippen LogP) is 2.19. The number of hydrogen-bond acceptors (Lipinski definition) is 2. The average Bonchev–Trinajstić information content (AvgIpc) is 2.04. The Labute approximate surface area is 79.8 Å². The quantitative estimate of drug-likeness (QED) is 0.752. The summed E-state index contributed by atoms with van der Waals surface area (Å²) in [5, 5.41) is 9.15. The lowest BCUT2D eigenvalue weighted by molar-refractivity contribution is 0.197. The van der Waals surface area contributed by atoms with Crippen molar-refractivity contribution in [2.45, 2.75) is 19.4 Å². The van der Waals surface area contributed by atoms with E-state index in [2.05, 4.69) is 18.7 Å². The number of hydrogen-bond donors (Lipinski definition) is 1. The van der Waals surface area contributed by atoms with Crippen molar-refractivity contribution in [3.63, 3.8) is 0 Å². The third-order valence-electron chi connectivity index (χ3n) is 2.69. The van der Waals surface area contributed by atoms with Gasteiger partial charge in [-0.05, 0) is 45.6 Å². The second kappa shape index (κ2) is 3.38. The van der Waals surface area contributed by atoms with Crippen LogP contribution in [0.2, 0.25) is 0 Å². The lowest BCUT2D eigenvalue weighted by atomic mass is 9.93. The first-order chi connectivity index (χ1) is 5.94. The fourth-order valence-corrected chi connectivity index (χ4v) is 1.13. The van der Waals surface area contributed by atoms with Crippen LogP contribution in [0.5, 0.6) is 5.75 Å². The number of rotatable bonds is 2. The molecule has 0 aliphatic rings. The van der Waals surface area contributed by atoms with E-state index >= 15 is 0 Å². The standard InChI is InChI=1S/C11H17NO/c1-11(2,12(3)4)9-5-7-10(13)8-6-9/h5-8,13H,1-4H3. The summed E-state index contributed by atoms with van der Waals surface area (Å²) in [4.78, 5) is 2.15. The molecule has 0 fully saturated rings. The summed E-state index contributed by atoms with van der Waals surface area (Å²) in [6.07, 6.45) is 0. The van der Waals surface area contributed by atoms with Crippen LogP contribution >= 0.6 is 0 Å². The first-order valence-electron chi connectivity index (χ1n) is 4.41. The molecule has 0 aromatic heterocycles. The zero-order valence-corrected chi connectivity index (χ0v) is 8.70. The van der Waals surface area contributed by atoms with E-state index in [-0.39, 0.29) is 5.54 Å². The van der Waals surface area contributed by atoms with Crippen LogP contribution < -0.4 is 0 Å². The Kier molecular flexibility index (Phi) is 2.62. The molecule has 72 valence electrons. The molecule has 0 saturated carbocycles. The maximum Gasteiger partial charge on any atom is 0.115 e. The van der Waals surface area contributed by atoms with Gasteiger partial charge in [0.2, 0.25) is 0 Å². The second-order valence-corrected chi connectivity index (χ2v) is 4.00. The molecule has 0 aliphatic carbocycles. The maximum absolute atomic E-state index is 9.15. The van der Waals surface area contributed by atoms with Crippen LogP contribution in [0, 0.1) is 0 Å². The number of benzene rings is 1. The van der Waals surface area contributed by atoms with Gasteiger partial charge in [0.05, 0.1) is 0 Å². The minimum atomic E-state index is 0.00764. The molecular weight excluding hydrogens is 162 g/mol. The van der Waals surface area contributed by atoms with Gasteiger partial charge in [-0.2, -0.15) is 0 Å². The van der Waals surface area contributed by atoms with Gasteiger partial charge in [-0.25, -0.2) is 0 Å². The smallest absolute Gasteiger partial charge is 0.115 e. The van der Waals surface area contributed by atoms with Gasteiger partial charge >= 0.3 is 0 Å². The highest BCUT2D eigenvalue weighted by Crippen LogP contribution is 2.26. The Morgan fingerprint density at radius 2 is 1.54 bits per heavy atom. The third-order valence-corrected chi connectivity index (χ3v) is 2.69. The monoisotopic (exact) mass is 179 g/mol. The fraction of sp³-hybridized carbons (Fsp3) is 0.455. The van der Waals surface area contributed by atoms with E-state index in [9.17, 15) is 0 Å². The lowest BCUT2D eigenvalue weighted by Crippen LogP contribution is -2.35. The highest BCUT2D eigenvalue weighted by molar-refractivity contribution is 5.30. The molecule has 0 spiro atoms. The lowest BCUT2D eigenvalue weighted by Gasteiger charge is -2.33. The molecule has 1 aromatic rings. The van der Waals surface area contributed by atoms with Crippen molar-refractivity contribution in [1.29, 1.82) is 0 Å². The van der Waals surface area contributed by atoms with Crippen LogP contribution in [-0.2, 0) is 5.54 Å². The van der Waals surface area contributed by atoms with Crippen LogP contribution in [0.1, 0.15) is 19.4 Å². The van der Waals surface area contributed by atoms with E-state index in [0.717, 1.165) is 0 Å². The predicted molar refractivity (Wildman–Crippen MR) is 54.8 cm³/mol. The molecule has 0 bridgehead atoms. The van der Waals surface area contributed by atoms with Gasteiger partial charge in [-0.3, -0.25) is 0 Å². The Balaban J connectivity index is 3.01. The molecule has 2 nitrogen and oxygen atoms in total. The van der Waals surface area contributed by atoms with Crippen molar-refractivity contribution >= 4 is 0 Å². The first-order valence-corrected chi connectivity index (χ1v) is 4.41. The minimum absolute atomic E-state index is 0.00764. The number of nitrogens with zero attached hydrogens (tertiary/aromatic N) is 1. The fourth-order valence-electron chi connectivity index (χ4n) is 1.13. The van der Waals surface area contributed by atoms with Crippen LogP contribution in [0.3, 0.4) is 0 Å². The van der Waals surface area contributed by atoms with Crippen LogP contribution in [-0.4, -0.2) is 24.1 Å².